The molecule has 0 amide bonds. The molecule has 0 saturated heterocycles. The van der Waals surface area contributed by atoms with Crippen molar-refractivity contribution in [1.29, 1.82) is 5.26 Å². The third-order valence-corrected chi connectivity index (χ3v) is 3.39. The molecular formula is C17H17FN2. The minimum Gasteiger partial charge on any atom is -0.367 e. The van der Waals surface area contributed by atoms with Crippen molar-refractivity contribution >= 4 is 5.69 Å². The SMILES string of the molecule is CCC(C#N)(Cc1ccccc1)Nc1ccc(F)cc1. The molecule has 0 heterocycles. The van der Waals surface area contributed by atoms with Crippen LogP contribution < -0.4 is 5.32 Å². The molecule has 0 spiro atoms. The van der Waals surface area contributed by atoms with Crippen molar-refractivity contribution in [2.45, 2.75) is 25.3 Å². The maximum atomic E-state index is 12.9. The van der Waals surface area contributed by atoms with Crippen LogP contribution in [-0.4, -0.2) is 5.54 Å². The fourth-order valence-corrected chi connectivity index (χ4v) is 2.16. The molecule has 2 rings (SSSR count). The molecule has 0 fully saturated rings. The van der Waals surface area contributed by atoms with Gasteiger partial charge in [-0.1, -0.05) is 37.3 Å². The lowest BCUT2D eigenvalue weighted by atomic mass is 9.89. The summed E-state index contributed by atoms with van der Waals surface area (Å²) in [7, 11) is 0. The lowest BCUT2D eigenvalue weighted by Gasteiger charge is -2.28. The lowest BCUT2D eigenvalue weighted by molar-refractivity contribution is 0.563. The second-order valence-corrected chi connectivity index (χ2v) is 4.84. The molecule has 0 aliphatic carbocycles. The first-order valence-electron chi connectivity index (χ1n) is 6.66. The third kappa shape index (κ3) is 3.36. The maximum Gasteiger partial charge on any atom is 0.129 e. The fraction of sp³-hybridized carbons (Fsp3) is 0.235. The largest absolute Gasteiger partial charge is 0.367 e. The highest BCUT2D eigenvalue weighted by Crippen LogP contribution is 2.23. The Labute approximate surface area is 118 Å². The highest BCUT2D eigenvalue weighted by atomic mass is 19.1. The van der Waals surface area contributed by atoms with Gasteiger partial charge in [0.1, 0.15) is 11.4 Å². The van der Waals surface area contributed by atoms with E-state index in [0.29, 0.717) is 12.8 Å². The van der Waals surface area contributed by atoms with E-state index in [2.05, 4.69) is 11.4 Å². The molecule has 1 N–H and O–H groups in total. The second kappa shape index (κ2) is 6.21. The van der Waals surface area contributed by atoms with Crippen molar-refractivity contribution in [3.05, 3.63) is 66.0 Å². The Morgan fingerprint density at radius 1 is 1.10 bits per heavy atom. The van der Waals surface area contributed by atoms with Gasteiger partial charge in [0.15, 0.2) is 0 Å². The van der Waals surface area contributed by atoms with Crippen LogP contribution in [0.1, 0.15) is 18.9 Å². The van der Waals surface area contributed by atoms with Crippen LogP contribution in [0.4, 0.5) is 10.1 Å². The zero-order valence-corrected chi connectivity index (χ0v) is 11.4. The maximum absolute atomic E-state index is 12.9. The van der Waals surface area contributed by atoms with Gasteiger partial charge in [-0.25, -0.2) is 4.39 Å². The zero-order valence-electron chi connectivity index (χ0n) is 11.4. The summed E-state index contributed by atoms with van der Waals surface area (Å²) in [4.78, 5) is 0. The Balaban J connectivity index is 2.21. The molecule has 0 radical (unpaired) electrons. The Hall–Kier alpha value is -2.34. The Bertz CT molecular complexity index is 587. The van der Waals surface area contributed by atoms with Gasteiger partial charge in [-0.05, 0) is 36.2 Å². The van der Waals surface area contributed by atoms with Crippen LogP contribution in [0, 0.1) is 17.1 Å². The predicted octanol–water partition coefficient (Wildman–Crippen LogP) is 4.15. The smallest absolute Gasteiger partial charge is 0.129 e. The van der Waals surface area contributed by atoms with E-state index >= 15 is 0 Å². The normalized spacial score (nSPS) is 13.2. The van der Waals surface area contributed by atoms with Gasteiger partial charge in [-0.15, -0.1) is 0 Å². The number of nitrogens with one attached hydrogen (secondary N) is 1. The molecule has 20 heavy (non-hydrogen) atoms. The van der Waals surface area contributed by atoms with E-state index in [4.69, 9.17) is 0 Å². The minimum atomic E-state index is -0.681. The van der Waals surface area contributed by atoms with Gasteiger partial charge in [0.05, 0.1) is 6.07 Å². The van der Waals surface area contributed by atoms with E-state index in [9.17, 15) is 9.65 Å². The Kier molecular flexibility index (Phi) is 4.37. The van der Waals surface area contributed by atoms with Crippen LogP contribution in [0.2, 0.25) is 0 Å². The van der Waals surface area contributed by atoms with Crippen molar-refractivity contribution in [1.82, 2.24) is 0 Å². The van der Waals surface area contributed by atoms with Crippen LogP contribution in [0.3, 0.4) is 0 Å². The summed E-state index contributed by atoms with van der Waals surface area (Å²) in [6.45, 7) is 1.97. The molecule has 102 valence electrons. The summed E-state index contributed by atoms with van der Waals surface area (Å²) in [5.74, 6) is -0.280. The molecule has 0 saturated carbocycles. The minimum absolute atomic E-state index is 0.280. The molecule has 0 aliphatic rings. The van der Waals surface area contributed by atoms with Crippen molar-refractivity contribution in [2.24, 2.45) is 0 Å². The van der Waals surface area contributed by atoms with Crippen LogP contribution in [0.5, 0.6) is 0 Å². The number of halogens is 1. The zero-order chi connectivity index (χ0) is 14.4. The van der Waals surface area contributed by atoms with E-state index in [-0.39, 0.29) is 5.82 Å². The third-order valence-electron chi connectivity index (χ3n) is 3.39. The summed E-state index contributed by atoms with van der Waals surface area (Å²) < 4.78 is 12.9. The monoisotopic (exact) mass is 268 g/mol. The molecule has 3 heteroatoms. The summed E-state index contributed by atoms with van der Waals surface area (Å²) in [6.07, 6.45) is 1.27. The molecule has 0 aromatic heterocycles. The highest BCUT2D eigenvalue weighted by Gasteiger charge is 2.28. The number of hydrogen-bond acceptors (Lipinski definition) is 2. The van der Waals surface area contributed by atoms with Gasteiger partial charge in [0.25, 0.3) is 0 Å². The van der Waals surface area contributed by atoms with Crippen molar-refractivity contribution < 1.29 is 4.39 Å². The topological polar surface area (TPSA) is 35.8 Å². The average Bonchev–Trinajstić information content (AvgIpc) is 2.50. The molecule has 2 aromatic rings. The van der Waals surface area contributed by atoms with Crippen LogP contribution in [0.25, 0.3) is 0 Å². The highest BCUT2D eigenvalue weighted by molar-refractivity contribution is 5.48. The van der Waals surface area contributed by atoms with E-state index in [1.807, 2.05) is 37.3 Å². The fourth-order valence-electron chi connectivity index (χ4n) is 2.16. The van der Waals surface area contributed by atoms with E-state index < -0.39 is 5.54 Å². The van der Waals surface area contributed by atoms with Crippen molar-refractivity contribution in [3.63, 3.8) is 0 Å². The molecule has 1 atom stereocenters. The van der Waals surface area contributed by atoms with Gasteiger partial charge in [0.2, 0.25) is 0 Å². The Morgan fingerprint density at radius 3 is 2.30 bits per heavy atom. The van der Waals surface area contributed by atoms with E-state index in [1.54, 1.807) is 12.1 Å². The number of anilines is 1. The second-order valence-electron chi connectivity index (χ2n) is 4.84. The van der Waals surface area contributed by atoms with E-state index in [1.165, 1.54) is 12.1 Å². The van der Waals surface area contributed by atoms with Gasteiger partial charge in [0, 0.05) is 12.1 Å². The number of rotatable bonds is 5. The lowest BCUT2D eigenvalue weighted by Crippen LogP contribution is -2.38. The summed E-state index contributed by atoms with van der Waals surface area (Å²) in [5.41, 5.74) is 1.18. The predicted molar refractivity (Wildman–Crippen MR) is 78.8 cm³/mol. The van der Waals surface area contributed by atoms with Gasteiger partial charge in [-0.3, -0.25) is 0 Å². The standard InChI is InChI=1S/C17H17FN2/c1-2-17(13-19,12-14-6-4-3-5-7-14)20-16-10-8-15(18)9-11-16/h3-11,20H,2,12H2,1H3. The summed E-state index contributed by atoms with van der Waals surface area (Å²) in [5, 5.41) is 12.8. The number of nitrogens with zero attached hydrogens (tertiary/aromatic N) is 1. The van der Waals surface area contributed by atoms with Crippen molar-refractivity contribution in [3.8, 4) is 6.07 Å². The molecule has 0 bridgehead atoms. The van der Waals surface area contributed by atoms with E-state index in [0.717, 1.165) is 11.3 Å². The first-order valence-corrected chi connectivity index (χ1v) is 6.66. The van der Waals surface area contributed by atoms with Gasteiger partial charge in [-0.2, -0.15) is 5.26 Å². The number of hydrogen-bond donors (Lipinski definition) is 1. The van der Waals surface area contributed by atoms with Gasteiger partial charge >= 0.3 is 0 Å². The molecule has 2 aromatic carbocycles. The average molecular weight is 268 g/mol. The molecule has 1 unspecified atom stereocenters. The number of nitriles is 1. The van der Waals surface area contributed by atoms with Crippen LogP contribution in [-0.2, 0) is 6.42 Å². The van der Waals surface area contributed by atoms with Gasteiger partial charge < -0.3 is 5.32 Å². The van der Waals surface area contributed by atoms with Crippen molar-refractivity contribution in [2.75, 3.05) is 5.32 Å². The quantitative estimate of drug-likeness (QED) is 0.884. The van der Waals surface area contributed by atoms with Crippen LogP contribution >= 0.6 is 0 Å². The first kappa shape index (κ1) is 14.1. The molecular weight excluding hydrogens is 251 g/mol. The number of benzene rings is 2. The summed E-state index contributed by atoms with van der Waals surface area (Å²) >= 11 is 0. The molecule has 2 nitrogen and oxygen atoms in total. The molecule has 0 aliphatic heterocycles. The first-order chi connectivity index (χ1) is 9.67. The summed E-state index contributed by atoms with van der Waals surface area (Å²) in [6, 6.07) is 18.4. The van der Waals surface area contributed by atoms with Crippen LogP contribution in [0.15, 0.2) is 54.6 Å². The Morgan fingerprint density at radius 2 is 1.75 bits per heavy atom.